The zero-order valence-electron chi connectivity index (χ0n) is 12.8. The summed E-state index contributed by atoms with van der Waals surface area (Å²) in [5, 5.41) is 13.5. The predicted octanol–water partition coefficient (Wildman–Crippen LogP) is 4.41. The zero-order chi connectivity index (χ0) is 13.7. The van der Waals surface area contributed by atoms with Gasteiger partial charge < -0.3 is 0 Å². The van der Waals surface area contributed by atoms with Crippen LogP contribution in [-0.2, 0) is 0 Å². The molecule has 2 fully saturated rings. The van der Waals surface area contributed by atoms with Crippen LogP contribution in [0.15, 0.2) is 0 Å². The highest BCUT2D eigenvalue weighted by Crippen LogP contribution is 2.35. The van der Waals surface area contributed by atoms with Crippen LogP contribution in [0.5, 0.6) is 0 Å². The summed E-state index contributed by atoms with van der Waals surface area (Å²) in [6.45, 7) is 4.66. The van der Waals surface area contributed by atoms with E-state index >= 15 is 0 Å². The van der Waals surface area contributed by atoms with Gasteiger partial charge in [-0.15, -0.1) is 0 Å². The van der Waals surface area contributed by atoms with Crippen LogP contribution in [0.2, 0.25) is 0 Å². The number of nitrogens with zero attached hydrogens (tertiary/aromatic N) is 1. The zero-order valence-corrected chi connectivity index (χ0v) is 12.8. The van der Waals surface area contributed by atoms with E-state index in [4.69, 9.17) is 0 Å². The van der Waals surface area contributed by atoms with Gasteiger partial charge in [0.1, 0.15) is 5.54 Å². The number of rotatable bonds is 3. The van der Waals surface area contributed by atoms with Crippen molar-refractivity contribution >= 4 is 0 Å². The Morgan fingerprint density at radius 3 is 2.37 bits per heavy atom. The van der Waals surface area contributed by atoms with Crippen LogP contribution in [-0.4, -0.2) is 11.6 Å². The second kappa shape index (κ2) is 6.75. The van der Waals surface area contributed by atoms with Gasteiger partial charge >= 0.3 is 0 Å². The van der Waals surface area contributed by atoms with Gasteiger partial charge in [0, 0.05) is 6.04 Å². The lowest BCUT2D eigenvalue weighted by Gasteiger charge is -2.34. The molecule has 2 saturated carbocycles. The van der Waals surface area contributed by atoms with Gasteiger partial charge in [-0.2, -0.15) is 5.26 Å². The Balaban J connectivity index is 1.95. The predicted molar refractivity (Wildman–Crippen MR) is 79.8 cm³/mol. The van der Waals surface area contributed by atoms with Crippen molar-refractivity contribution in [3.8, 4) is 6.07 Å². The van der Waals surface area contributed by atoms with Crippen molar-refractivity contribution in [1.82, 2.24) is 5.32 Å². The molecule has 1 N–H and O–H groups in total. The highest BCUT2D eigenvalue weighted by molar-refractivity contribution is 5.09. The molecule has 0 aromatic rings. The van der Waals surface area contributed by atoms with E-state index in [2.05, 4.69) is 25.2 Å². The Morgan fingerprint density at radius 1 is 1.00 bits per heavy atom. The van der Waals surface area contributed by atoms with E-state index in [1.165, 1.54) is 51.4 Å². The SMILES string of the molecule is CC(C)C1CCCC(C#N)(NC2CCCCC2)CC1. The van der Waals surface area contributed by atoms with Gasteiger partial charge in [-0.1, -0.05) is 46.0 Å². The highest BCUT2D eigenvalue weighted by Gasteiger charge is 2.35. The Bertz CT molecular complexity index is 312. The largest absolute Gasteiger partial charge is 0.297 e. The lowest BCUT2D eigenvalue weighted by molar-refractivity contribution is 0.265. The molecule has 2 atom stereocenters. The molecule has 2 nitrogen and oxygen atoms in total. The molecule has 0 aromatic carbocycles. The van der Waals surface area contributed by atoms with E-state index in [9.17, 15) is 5.26 Å². The van der Waals surface area contributed by atoms with E-state index in [1.54, 1.807) is 0 Å². The second-order valence-corrected chi connectivity index (χ2v) is 7.11. The number of nitriles is 1. The summed E-state index contributed by atoms with van der Waals surface area (Å²) in [6.07, 6.45) is 12.5. The first-order chi connectivity index (χ1) is 9.15. The maximum atomic E-state index is 9.71. The summed E-state index contributed by atoms with van der Waals surface area (Å²) >= 11 is 0. The minimum atomic E-state index is -0.217. The van der Waals surface area contributed by atoms with Gasteiger partial charge in [0.05, 0.1) is 6.07 Å². The molecule has 0 amide bonds. The monoisotopic (exact) mass is 262 g/mol. The van der Waals surface area contributed by atoms with E-state index in [0.29, 0.717) is 6.04 Å². The third kappa shape index (κ3) is 3.96. The van der Waals surface area contributed by atoms with Crippen LogP contribution in [0.3, 0.4) is 0 Å². The smallest absolute Gasteiger partial charge is 0.106 e. The van der Waals surface area contributed by atoms with Crippen LogP contribution in [0.1, 0.15) is 78.1 Å². The normalized spacial score (nSPS) is 33.9. The van der Waals surface area contributed by atoms with E-state index in [1.807, 2.05) is 0 Å². The molecule has 2 aliphatic carbocycles. The lowest BCUT2D eigenvalue weighted by atomic mass is 9.85. The van der Waals surface area contributed by atoms with Gasteiger partial charge in [-0.05, 0) is 43.9 Å². The fraction of sp³-hybridized carbons (Fsp3) is 0.941. The average molecular weight is 262 g/mol. The molecular weight excluding hydrogens is 232 g/mol. The van der Waals surface area contributed by atoms with Gasteiger partial charge in [0.2, 0.25) is 0 Å². The van der Waals surface area contributed by atoms with Crippen molar-refractivity contribution in [3.63, 3.8) is 0 Å². The summed E-state index contributed by atoms with van der Waals surface area (Å²) in [5.41, 5.74) is -0.217. The molecule has 0 heterocycles. The van der Waals surface area contributed by atoms with E-state index in [-0.39, 0.29) is 5.54 Å². The number of hydrogen-bond acceptors (Lipinski definition) is 2. The molecule has 2 unspecified atom stereocenters. The number of hydrogen-bond donors (Lipinski definition) is 1. The Labute approximate surface area is 119 Å². The molecule has 2 aliphatic rings. The molecular formula is C17H30N2. The molecule has 0 radical (unpaired) electrons. The van der Waals surface area contributed by atoms with Crippen molar-refractivity contribution in [2.75, 3.05) is 0 Å². The third-order valence-corrected chi connectivity index (χ3v) is 5.36. The molecule has 2 rings (SSSR count). The van der Waals surface area contributed by atoms with Crippen molar-refractivity contribution in [1.29, 1.82) is 5.26 Å². The van der Waals surface area contributed by atoms with Crippen LogP contribution in [0.25, 0.3) is 0 Å². The molecule has 108 valence electrons. The third-order valence-electron chi connectivity index (χ3n) is 5.36. The minimum Gasteiger partial charge on any atom is -0.297 e. The molecule has 2 heteroatoms. The first-order valence-electron chi connectivity index (χ1n) is 8.34. The van der Waals surface area contributed by atoms with Crippen molar-refractivity contribution in [3.05, 3.63) is 0 Å². The Hall–Kier alpha value is -0.550. The maximum Gasteiger partial charge on any atom is 0.106 e. The van der Waals surface area contributed by atoms with Gasteiger partial charge in [-0.3, -0.25) is 5.32 Å². The molecule has 0 spiro atoms. The van der Waals surface area contributed by atoms with Crippen molar-refractivity contribution in [2.45, 2.75) is 89.6 Å². The van der Waals surface area contributed by atoms with Crippen LogP contribution in [0.4, 0.5) is 0 Å². The Morgan fingerprint density at radius 2 is 1.74 bits per heavy atom. The Kier molecular flexibility index (Phi) is 5.28. The average Bonchev–Trinajstić information content (AvgIpc) is 2.63. The van der Waals surface area contributed by atoms with Gasteiger partial charge in [0.25, 0.3) is 0 Å². The summed E-state index contributed by atoms with van der Waals surface area (Å²) in [7, 11) is 0. The van der Waals surface area contributed by atoms with Gasteiger partial charge in [0.15, 0.2) is 0 Å². The topological polar surface area (TPSA) is 35.8 Å². The van der Waals surface area contributed by atoms with Crippen molar-refractivity contribution in [2.24, 2.45) is 11.8 Å². The second-order valence-electron chi connectivity index (χ2n) is 7.11. The van der Waals surface area contributed by atoms with Crippen LogP contribution < -0.4 is 5.32 Å². The number of nitrogens with one attached hydrogen (secondary N) is 1. The lowest BCUT2D eigenvalue weighted by Crippen LogP contribution is -2.49. The fourth-order valence-electron chi connectivity index (χ4n) is 3.96. The van der Waals surface area contributed by atoms with Crippen LogP contribution in [0, 0.1) is 23.2 Å². The molecule has 19 heavy (non-hydrogen) atoms. The van der Waals surface area contributed by atoms with Crippen molar-refractivity contribution < 1.29 is 0 Å². The summed E-state index contributed by atoms with van der Waals surface area (Å²) < 4.78 is 0. The standard InChI is InChI=1S/C17H30N2/c1-14(2)15-7-6-11-17(13-18,12-10-15)19-16-8-4-3-5-9-16/h14-16,19H,3-12H2,1-2H3. The van der Waals surface area contributed by atoms with Gasteiger partial charge in [-0.25, -0.2) is 0 Å². The molecule has 0 aromatic heterocycles. The highest BCUT2D eigenvalue weighted by atomic mass is 15.0. The first kappa shape index (κ1) is 14.9. The van der Waals surface area contributed by atoms with E-state index < -0.39 is 0 Å². The summed E-state index contributed by atoms with van der Waals surface area (Å²) in [6, 6.07) is 3.25. The first-order valence-corrected chi connectivity index (χ1v) is 8.34. The van der Waals surface area contributed by atoms with E-state index in [0.717, 1.165) is 24.7 Å². The summed E-state index contributed by atoms with van der Waals surface area (Å²) in [4.78, 5) is 0. The van der Waals surface area contributed by atoms with Crippen LogP contribution >= 0.6 is 0 Å². The minimum absolute atomic E-state index is 0.217. The fourth-order valence-corrected chi connectivity index (χ4v) is 3.96. The quantitative estimate of drug-likeness (QED) is 0.765. The maximum absolute atomic E-state index is 9.71. The summed E-state index contributed by atoms with van der Waals surface area (Å²) in [5.74, 6) is 1.59. The molecule has 0 aliphatic heterocycles. The molecule has 0 bridgehead atoms. The molecule has 0 saturated heterocycles.